The molecule has 0 atom stereocenters. The fraction of sp³-hybridized carbons (Fsp3) is 0.520. The first-order chi connectivity index (χ1) is 16.5. The molecule has 5 rings (SSSR count). The molecule has 0 radical (unpaired) electrons. The largest absolute Gasteiger partial charge is 0.378 e. The summed E-state index contributed by atoms with van der Waals surface area (Å²) in [5.41, 5.74) is 3.35. The molecule has 2 saturated heterocycles. The highest BCUT2D eigenvalue weighted by molar-refractivity contribution is 6.32. The van der Waals surface area contributed by atoms with Gasteiger partial charge in [-0.2, -0.15) is 5.26 Å². The van der Waals surface area contributed by atoms with Crippen molar-refractivity contribution in [1.29, 1.82) is 10.7 Å². The summed E-state index contributed by atoms with van der Waals surface area (Å²) in [6.07, 6.45) is 7.12. The number of aromatic nitrogens is 2. The number of nitrogens with zero attached hydrogens (tertiary/aromatic N) is 4. The van der Waals surface area contributed by atoms with Crippen LogP contribution in [0, 0.1) is 22.2 Å². The highest BCUT2D eigenvalue weighted by atomic mass is 35.5. The summed E-state index contributed by atoms with van der Waals surface area (Å²) in [5, 5.41) is 24.0. The third-order valence-electron chi connectivity index (χ3n) is 7.51. The molecule has 0 unspecified atom stereocenters. The van der Waals surface area contributed by atoms with Gasteiger partial charge in [-0.15, -0.1) is 0 Å². The number of halogens is 1. The molecule has 1 aliphatic carbocycles. The van der Waals surface area contributed by atoms with Gasteiger partial charge in [0.1, 0.15) is 16.8 Å². The Morgan fingerprint density at radius 2 is 2.15 bits per heavy atom. The number of nitrogens with two attached hydrogens (primary N) is 1. The van der Waals surface area contributed by atoms with E-state index in [2.05, 4.69) is 27.3 Å². The topological polar surface area (TPSA) is 115 Å². The molecule has 3 aliphatic rings. The fourth-order valence-corrected chi connectivity index (χ4v) is 5.12. The Hall–Kier alpha value is -2.57. The number of likely N-dealkylation sites (tertiary alicyclic amines) is 1. The summed E-state index contributed by atoms with van der Waals surface area (Å²) in [6, 6.07) is 7.06. The van der Waals surface area contributed by atoms with Gasteiger partial charge in [-0.1, -0.05) is 11.6 Å². The molecule has 2 aliphatic heterocycles. The molecule has 1 aromatic carbocycles. The number of nitriles is 1. The van der Waals surface area contributed by atoms with Crippen molar-refractivity contribution in [3.05, 3.63) is 40.3 Å². The number of ether oxygens (including phenoxy) is 1. The van der Waals surface area contributed by atoms with Gasteiger partial charge >= 0.3 is 0 Å². The van der Waals surface area contributed by atoms with Crippen molar-refractivity contribution in [3.8, 4) is 6.07 Å². The van der Waals surface area contributed by atoms with Crippen molar-refractivity contribution in [2.24, 2.45) is 5.41 Å². The Balaban J connectivity index is 1.31. The number of benzene rings is 1. The number of allylic oxidation sites excluding steroid dienone is 2. The number of anilines is 1. The number of nitrogens with one attached hydrogen (secondary N) is 2. The number of quaternary nitrogens is 1. The van der Waals surface area contributed by atoms with Gasteiger partial charge in [-0.3, -0.25) is 4.90 Å². The highest BCUT2D eigenvalue weighted by Gasteiger charge is 2.45. The molecule has 3 fully saturated rings. The lowest BCUT2D eigenvalue weighted by Crippen LogP contribution is -2.83. The number of hydrogen-bond donors (Lipinski definition) is 3. The molecule has 4 N–H and O–H groups in total. The summed E-state index contributed by atoms with van der Waals surface area (Å²) in [6.45, 7) is 6.51. The zero-order valence-electron chi connectivity index (χ0n) is 19.5. The van der Waals surface area contributed by atoms with E-state index in [1.54, 1.807) is 6.20 Å². The number of hydrogen-bond acceptors (Lipinski definition) is 7. The molecular formula is C25H31ClN7O+. The summed E-state index contributed by atoms with van der Waals surface area (Å²) in [5.74, 6) is 0.873. The summed E-state index contributed by atoms with van der Waals surface area (Å²) in [7, 11) is 0. The maximum atomic E-state index is 9.30. The van der Waals surface area contributed by atoms with Crippen LogP contribution in [0.25, 0.3) is 10.9 Å². The lowest BCUT2D eigenvalue weighted by Gasteiger charge is -2.41. The smallest absolute Gasteiger partial charge is 0.227 e. The molecule has 1 aromatic heterocycles. The van der Waals surface area contributed by atoms with E-state index in [0.717, 1.165) is 79.2 Å². The van der Waals surface area contributed by atoms with Gasteiger partial charge in [0.05, 0.1) is 37.4 Å². The fourth-order valence-electron chi connectivity index (χ4n) is 4.79. The Morgan fingerprint density at radius 3 is 2.76 bits per heavy atom. The normalized spacial score (nSPS) is 21.4. The van der Waals surface area contributed by atoms with Gasteiger partial charge in [-0.25, -0.2) is 9.97 Å². The van der Waals surface area contributed by atoms with Crippen molar-refractivity contribution >= 4 is 34.7 Å². The average Bonchev–Trinajstić information content (AvgIpc) is 3.61. The molecule has 34 heavy (non-hydrogen) atoms. The van der Waals surface area contributed by atoms with E-state index in [1.807, 2.05) is 18.3 Å². The molecule has 9 heteroatoms. The first-order valence-electron chi connectivity index (χ1n) is 12.0. The van der Waals surface area contributed by atoms with E-state index >= 15 is 0 Å². The predicted molar refractivity (Wildman–Crippen MR) is 132 cm³/mol. The molecule has 8 nitrogen and oxygen atoms in total. The van der Waals surface area contributed by atoms with Crippen LogP contribution in [0.2, 0.25) is 5.02 Å². The minimum absolute atomic E-state index is 0.203. The van der Waals surface area contributed by atoms with E-state index in [0.29, 0.717) is 30.1 Å². The zero-order chi connectivity index (χ0) is 23.7. The molecule has 3 heterocycles. The highest BCUT2D eigenvalue weighted by Crippen LogP contribution is 2.43. The zero-order valence-corrected chi connectivity index (χ0v) is 20.2. The van der Waals surface area contributed by atoms with Gasteiger partial charge in [0, 0.05) is 29.7 Å². The van der Waals surface area contributed by atoms with E-state index in [-0.39, 0.29) is 5.41 Å². The molecule has 0 bridgehead atoms. The van der Waals surface area contributed by atoms with Gasteiger partial charge in [0.25, 0.3) is 0 Å². The molecule has 0 spiro atoms. The third kappa shape index (κ3) is 4.80. The molecule has 0 amide bonds. The number of rotatable bonds is 8. The van der Waals surface area contributed by atoms with Gasteiger partial charge < -0.3 is 20.8 Å². The first-order valence-corrected chi connectivity index (χ1v) is 12.4. The van der Waals surface area contributed by atoms with Crippen molar-refractivity contribution in [2.75, 3.05) is 38.2 Å². The van der Waals surface area contributed by atoms with Crippen LogP contribution in [0.15, 0.2) is 29.7 Å². The minimum Gasteiger partial charge on any atom is -0.378 e. The molecular weight excluding hydrogens is 450 g/mol. The number of piperidine rings is 1. The Bertz CT molecular complexity index is 1160. The Labute approximate surface area is 204 Å². The first kappa shape index (κ1) is 23.2. The maximum Gasteiger partial charge on any atom is 0.227 e. The quantitative estimate of drug-likeness (QED) is 0.500. The lowest BCUT2D eigenvalue weighted by molar-refractivity contribution is -0.613. The van der Waals surface area contributed by atoms with Crippen LogP contribution in [0.4, 0.5) is 5.95 Å². The van der Waals surface area contributed by atoms with Crippen molar-refractivity contribution in [1.82, 2.24) is 14.9 Å². The summed E-state index contributed by atoms with van der Waals surface area (Å²) < 4.78 is 5.35. The summed E-state index contributed by atoms with van der Waals surface area (Å²) >= 11 is 6.68. The van der Waals surface area contributed by atoms with E-state index in [4.69, 9.17) is 26.7 Å². The van der Waals surface area contributed by atoms with Crippen LogP contribution in [-0.4, -0.2) is 60.0 Å². The average molecular weight is 481 g/mol. The van der Waals surface area contributed by atoms with Crippen molar-refractivity contribution in [3.63, 3.8) is 0 Å². The summed E-state index contributed by atoms with van der Waals surface area (Å²) in [4.78, 5) is 11.7. The van der Waals surface area contributed by atoms with Gasteiger partial charge in [-0.05, 0) is 62.4 Å². The minimum atomic E-state index is -0.203. The van der Waals surface area contributed by atoms with E-state index in [9.17, 15) is 5.26 Å². The van der Waals surface area contributed by atoms with Crippen molar-refractivity contribution < 1.29 is 10.1 Å². The molecule has 1 saturated carbocycles. The van der Waals surface area contributed by atoms with Crippen LogP contribution >= 0.6 is 11.6 Å². The molecule has 178 valence electrons. The van der Waals surface area contributed by atoms with Crippen LogP contribution in [-0.2, 0) is 4.74 Å². The van der Waals surface area contributed by atoms with Gasteiger partial charge in [0.2, 0.25) is 5.95 Å². The van der Waals surface area contributed by atoms with Crippen molar-refractivity contribution in [2.45, 2.75) is 44.6 Å². The standard InChI is InChI=1S/C25H30ClN7O/c1-16(30-15-25(14-28)4-5-25)23(10-27)32-24-29-11-18-8-21(26)20(9-22(18)31-24)17-2-6-33(7-3-17)19-12-34-13-19/h8-11,17,19,27,30H,2-7,12-13,15H2,1H3,(H,29,31,32)/p+1/b23-16+,27-10?. The Kier molecular flexibility index (Phi) is 6.54. The van der Waals surface area contributed by atoms with E-state index in [1.165, 1.54) is 6.21 Å². The van der Waals surface area contributed by atoms with E-state index < -0.39 is 0 Å². The third-order valence-corrected chi connectivity index (χ3v) is 7.84. The number of fused-ring (bicyclic) bond motifs is 1. The second-order valence-corrected chi connectivity index (χ2v) is 10.2. The van der Waals surface area contributed by atoms with Crippen LogP contribution in [0.5, 0.6) is 0 Å². The maximum absolute atomic E-state index is 9.30. The van der Waals surface area contributed by atoms with Gasteiger partial charge in [0.15, 0.2) is 0 Å². The molecule has 2 aromatic rings. The predicted octanol–water partition coefficient (Wildman–Crippen LogP) is 3.02. The monoisotopic (exact) mass is 480 g/mol. The second-order valence-electron chi connectivity index (χ2n) is 9.79. The van der Waals surface area contributed by atoms with Crippen LogP contribution in [0.3, 0.4) is 0 Å². The lowest BCUT2D eigenvalue weighted by atomic mass is 9.88. The van der Waals surface area contributed by atoms with Crippen LogP contribution in [0.1, 0.15) is 44.1 Å². The van der Waals surface area contributed by atoms with Crippen LogP contribution < -0.4 is 10.6 Å². The SMILES string of the molecule is C/C([NH2+]CC1(C#N)CC1)=C(/C=N)Nc1ncc2cc(Cl)c(C3CCN(C4COC4)CC3)cc2n1. The second kappa shape index (κ2) is 9.59. The Morgan fingerprint density at radius 1 is 1.38 bits per heavy atom.